The minimum atomic E-state index is -0.0126. The van der Waals surface area contributed by atoms with Gasteiger partial charge in [0, 0.05) is 32.7 Å². The second kappa shape index (κ2) is 8.88. The van der Waals surface area contributed by atoms with Gasteiger partial charge in [0.25, 0.3) is 0 Å². The fourth-order valence-corrected chi connectivity index (χ4v) is 3.47. The van der Waals surface area contributed by atoms with Gasteiger partial charge in [-0.2, -0.15) is 0 Å². The van der Waals surface area contributed by atoms with E-state index in [1.54, 1.807) is 0 Å². The summed E-state index contributed by atoms with van der Waals surface area (Å²) in [6.07, 6.45) is 2.20. The summed E-state index contributed by atoms with van der Waals surface area (Å²) in [5.74, 6) is 0.158. The van der Waals surface area contributed by atoms with Crippen molar-refractivity contribution in [3.8, 4) is 0 Å². The van der Waals surface area contributed by atoms with Crippen LogP contribution in [0.2, 0.25) is 0 Å². The Labute approximate surface area is 151 Å². The highest BCUT2D eigenvalue weighted by Crippen LogP contribution is 2.18. The molecule has 0 spiro atoms. The van der Waals surface area contributed by atoms with Crippen molar-refractivity contribution in [2.75, 3.05) is 32.7 Å². The largest absolute Gasteiger partial charge is 0.341 e. The minimum absolute atomic E-state index is 0.0126. The number of rotatable bonds is 4. The molecule has 25 heavy (non-hydrogen) atoms. The Balaban J connectivity index is 1.96. The summed E-state index contributed by atoms with van der Waals surface area (Å²) in [6, 6.07) is 4.26. The molecule has 0 saturated carbocycles. The molecule has 0 radical (unpaired) electrons. The van der Waals surface area contributed by atoms with Gasteiger partial charge in [-0.05, 0) is 50.3 Å². The van der Waals surface area contributed by atoms with Crippen molar-refractivity contribution in [3.63, 3.8) is 0 Å². The van der Waals surface area contributed by atoms with Crippen LogP contribution in [0.4, 0.5) is 4.79 Å². The molecule has 1 N–H and O–H groups in total. The van der Waals surface area contributed by atoms with E-state index in [0.717, 1.165) is 24.9 Å². The maximum atomic E-state index is 12.8. The molecule has 1 fully saturated rings. The van der Waals surface area contributed by atoms with E-state index in [4.69, 9.17) is 0 Å². The molecular weight excluding hydrogens is 314 g/mol. The fourth-order valence-electron chi connectivity index (χ4n) is 3.47. The van der Waals surface area contributed by atoms with Gasteiger partial charge >= 0.3 is 6.03 Å². The highest BCUT2D eigenvalue weighted by atomic mass is 16.2. The van der Waals surface area contributed by atoms with E-state index in [9.17, 15) is 9.59 Å². The van der Waals surface area contributed by atoms with Crippen molar-refractivity contribution in [3.05, 3.63) is 34.4 Å². The smallest absolute Gasteiger partial charge is 0.317 e. The van der Waals surface area contributed by atoms with Crippen LogP contribution in [0.5, 0.6) is 0 Å². The van der Waals surface area contributed by atoms with Crippen LogP contribution in [-0.2, 0) is 11.2 Å². The second-order valence-corrected chi connectivity index (χ2v) is 7.01. The fraction of sp³-hybridized carbons (Fsp3) is 0.600. The minimum Gasteiger partial charge on any atom is -0.341 e. The summed E-state index contributed by atoms with van der Waals surface area (Å²) in [4.78, 5) is 28.6. The molecule has 0 bridgehead atoms. The lowest BCUT2D eigenvalue weighted by Crippen LogP contribution is -2.43. The first-order valence-corrected chi connectivity index (χ1v) is 9.29. The quantitative estimate of drug-likeness (QED) is 0.912. The number of benzene rings is 1. The number of nitrogens with one attached hydrogen (secondary N) is 1. The number of carbonyl (C=O) groups excluding carboxylic acids is 2. The predicted molar refractivity (Wildman–Crippen MR) is 101 cm³/mol. The Hall–Kier alpha value is -2.04. The van der Waals surface area contributed by atoms with E-state index in [1.807, 2.05) is 16.7 Å². The molecule has 5 nitrogen and oxygen atoms in total. The lowest BCUT2D eigenvalue weighted by molar-refractivity contribution is -0.130. The number of amides is 3. The topological polar surface area (TPSA) is 52.7 Å². The molecule has 0 atom stereocenters. The van der Waals surface area contributed by atoms with Gasteiger partial charge in [-0.1, -0.05) is 24.6 Å². The first-order valence-electron chi connectivity index (χ1n) is 9.29. The van der Waals surface area contributed by atoms with E-state index in [1.165, 1.54) is 16.7 Å². The SMILES string of the molecule is CCCNC(=O)N1CCCN(C(=O)Cc2c(C)cc(C)cc2C)CC1. The van der Waals surface area contributed by atoms with Gasteiger partial charge in [-0.25, -0.2) is 4.79 Å². The Morgan fingerprint density at radius 2 is 1.60 bits per heavy atom. The van der Waals surface area contributed by atoms with Crippen molar-refractivity contribution < 1.29 is 9.59 Å². The van der Waals surface area contributed by atoms with Gasteiger partial charge in [0.1, 0.15) is 0 Å². The lowest BCUT2D eigenvalue weighted by atomic mass is 9.97. The Bertz CT molecular complexity index is 604. The van der Waals surface area contributed by atoms with E-state index < -0.39 is 0 Å². The monoisotopic (exact) mass is 345 g/mol. The first-order chi connectivity index (χ1) is 11.9. The number of hydrogen-bond donors (Lipinski definition) is 1. The third-order valence-corrected chi connectivity index (χ3v) is 4.83. The van der Waals surface area contributed by atoms with Crippen molar-refractivity contribution >= 4 is 11.9 Å². The van der Waals surface area contributed by atoms with Crippen LogP contribution in [0.3, 0.4) is 0 Å². The van der Waals surface area contributed by atoms with E-state index in [-0.39, 0.29) is 11.9 Å². The molecule has 138 valence electrons. The molecular formula is C20H31N3O2. The summed E-state index contributed by atoms with van der Waals surface area (Å²) < 4.78 is 0. The second-order valence-electron chi connectivity index (χ2n) is 7.01. The summed E-state index contributed by atoms with van der Waals surface area (Å²) in [7, 11) is 0. The summed E-state index contributed by atoms with van der Waals surface area (Å²) >= 11 is 0. The van der Waals surface area contributed by atoms with Crippen molar-refractivity contribution in [2.45, 2.75) is 47.0 Å². The van der Waals surface area contributed by atoms with Gasteiger partial charge in [-0.3, -0.25) is 4.79 Å². The molecule has 3 amide bonds. The first kappa shape index (κ1) is 19.3. The van der Waals surface area contributed by atoms with Gasteiger partial charge in [-0.15, -0.1) is 0 Å². The molecule has 1 aliphatic heterocycles. The molecule has 1 aliphatic rings. The zero-order chi connectivity index (χ0) is 18.4. The van der Waals surface area contributed by atoms with E-state index >= 15 is 0 Å². The van der Waals surface area contributed by atoms with Crippen molar-refractivity contribution in [1.29, 1.82) is 0 Å². The molecule has 0 aliphatic carbocycles. The number of nitrogens with zero attached hydrogens (tertiary/aromatic N) is 2. The summed E-state index contributed by atoms with van der Waals surface area (Å²) in [5, 5.41) is 2.92. The van der Waals surface area contributed by atoms with Gasteiger partial charge in [0.2, 0.25) is 5.91 Å². The predicted octanol–water partition coefficient (Wildman–Crippen LogP) is 2.81. The van der Waals surface area contributed by atoms with Crippen molar-refractivity contribution in [2.24, 2.45) is 0 Å². The zero-order valence-electron chi connectivity index (χ0n) is 16.0. The number of aryl methyl sites for hydroxylation is 3. The molecule has 0 aromatic heterocycles. The highest BCUT2D eigenvalue weighted by Gasteiger charge is 2.22. The van der Waals surface area contributed by atoms with Crippen molar-refractivity contribution in [1.82, 2.24) is 15.1 Å². The highest BCUT2D eigenvalue weighted by molar-refractivity contribution is 5.80. The summed E-state index contributed by atoms with van der Waals surface area (Å²) in [6.45, 7) is 11.6. The average Bonchev–Trinajstić information content (AvgIpc) is 2.82. The number of urea groups is 1. The van der Waals surface area contributed by atoms with E-state index in [0.29, 0.717) is 32.6 Å². The molecule has 2 rings (SSSR count). The molecule has 0 unspecified atom stereocenters. The van der Waals surface area contributed by atoms with Crippen LogP contribution in [0, 0.1) is 20.8 Å². The maximum Gasteiger partial charge on any atom is 0.317 e. The normalized spacial score (nSPS) is 15.0. The van der Waals surface area contributed by atoms with Crippen LogP contribution in [0.1, 0.15) is 42.0 Å². The zero-order valence-corrected chi connectivity index (χ0v) is 16.0. The average molecular weight is 345 g/mol. The van der Waals surface area contributed by atoms with Crippen LogP contribution in [-0.4, -0.2) is 54.5 Å². The molecule has 1 aromatic rings. The Morgan fingerprint density at radius 3 is 2.24 bits per heavy atom. The maximum absolute atomic E-state index is 12.8. The Morgan fingerprint density at radius 1 is 1.00 bits per heavy atom. The lowest BCUT2D eigenvalue weighted by Gasteiger charge is -2.23. The van der Waals surface area contributed by atoms with Gasteiger partial charge < -0.3 is 15.1 Å². The van der Waals surface area contributed by atoms with Gasteiger partial charge in [0.15, 0.2) is 0 Å². The third-order valence-electron chi connectivity index (χ3n) is 4.83. The molecule has 1 saturated heterocycles. The molecule has 1 aromatic carbocycles. The van der Waals surface area contributed by atoms with E-state index in [2.05, 4.69) is 38.2 Å². The number of hydrogen-bond acceptors (Lipinski definition) is 2. The number of carbonyl (C=O) groups is 2. The van der Waals surface area contributed by atoms with Crippen LogP contribution in [0.15, 0.2) is 12.1 Å². The Kier molecular flexibility index (Phi) is 6.85. The van der Waals surface area contributed by atoms with Crippen LogP contribution in [0.25, 0.3) is 0 Å². The van der Waals surface area contributed by atoms with Crippen LogP contribution >= 0.6 is 0 Å². The summed E-state index contributed by atoms with van der Waals surface area (Å²) in [5.41, 5.74) is 4.73. The molecule has 1 heterocycles. The van der Waals surface area contributed by atoms with Gasteiger partial charge in [0.05, 0.1) is 6.42 Å². The molecule has 5 heteroatoms. The van der Waals surface area contributed by atoms with Crippen LogP contribution < -0.4 is 5.32 Å². The standard InChI is InChI=1S/C20H31N3O2/c1-5-7-21-20(25)23-9-6-8-22(10-11-23)19(24)14-18-16(3)12-15(2)13-17(18)4/h12-13H,5-11,14H2,1-4H3,(H,21,25). The third kappa shape index (κ3) is 5.21.